The smallest absolute Gasteiger partial charge is 0.124 e. The van der Waals surface area contributed by atoms with Gasteiger partial charge in [0.25, 0.3) is 0 Å². The first-order chi connectivity index (χ1) is 16.9. The van der Waals surface area contributed by atoms with Crippen molar-refractivity contribution in [3.63, 3.8) is 0 Å². The molecule has 2 fully saturated rings. The van der Waals surface area contributed by atoms with Crippen LogP contribution in [0.1, 0.15) is 56.8 Å². The Morgan fingerprint density at radius 1 is 0.886 bits per heavy atom. The van der Waals surface area contributed by atoms with Crippen molar-refractivity contribution in [2.24, 2.45) is 11.8 Å². The quantitative estimate of drug-likeness (QED) is 0.303. The number of ether oxygens (including phenoxy) is 4. The second-order valence-corrected chi connectivity index (χ2v) is 15.4. The van der Waals surface area contributed by atoms with Gasteiger partial charge in [-0.15, -0.1) is 0 Å². The molecule has 0 aliphatic heterocycles. The highest BCUT2D eigenvalue weighted by Crippen LogP contribution is 2.47. The van der Waals surface area contributed by atoms with E-state index in [0.29, 0.717) is 31.2 Å². The zero-order chi connectivity index (χ0) is 24.8. The number of rotatable bonds is 12. The van der Waals surface area contributed by atoms with Crippen LogP contribution >= 0.6 is 0 Å². The zero-order valence-corrected chi connectivity index (χ0v) is 23.4. The monoisotopic (exact) mass is 496 g/mol. The molecular weight excluding hydrogens is 452 g/mol. The summed E-state index contributed by atoms with van der Waals surface area (Å²) in [5.41, 5.74) is 2.35. The van der Waals surface area contributed by atoms with E-state index in [1.54, 1.807) is 7.11 Å². The third kappa shape index (κ3) is 6.97. The van der Waals surface area contributed by atoms with Gasteiger partial charge in [-0.3, -0.25) is 0 Å². The molecule has 0 amide bonds. The van der Waals surface area contributed by atoms with Crippen molar-refractivity contribution in [1.29, 1.82) is 0 Å². The summed E-state index contributed by atoms with van der Waals surface area (Å²) in [6, 6.07) is 18.7. The average Bonchev–Trinajstić information content (AvgIpc) is 3.41. The summed E-state index contributed by atoms with van der Waals surface area (Å²) >= 11 is 0. The minimum atomic E-state index is -0.812. The summed E-state index contributed by atoms with van der Waals surface area (Å²) in [6.07, 6.45) is 5.08. The molecule has 0 bridgehead atoms. The third-order valence-electron chi connectivity index (χ3n) is 8.41. The molecule has 4 nitrogen and oxygen atoms in total. The van der Waals surface area contributed by atoms with Gasteiger partial charge in [-0.2, -0.15) is 0 Å². The number of benzene rings is 2. The van der Waals surface area contributed by atoms with E-state index in [1.807, 2.05) is 12.1 Å². The molecule has 0 N–H and O–H groups in total. The molecular formula is C30H44O4Si. The highest BCUT2D eigenvalue weighted by molar-refractivity contribution is 6.59. The predicted molar refractivity (Wildman–Crippen MR) is 145 cm³/mol. The predicted octanol–water partition coefficient (Wildman–Crippen LogP) is 6.81. The van der Waals surface area contributed by atoms with Crippen LogP contribution in [0.25, 0.3) is 0 Å². The second kappa shape index (κ2) is 12.0. The number of hydrogen-bond donors (Lipinski definition) is 0. The van der Waals surface area contributed by atoms with Crippen molar-refractivity contribution in [3.8, 4) is 5.75 Å². The van der Waals surface area contributed by atoms with E-state index >= 15 is 0 Å². The van der Waals surface area contributed by atoms with Gasteiger partial charge in [-0.25, -0.2) is 0 Å². The Morgan fingerprint density at radius 3 is 2.17 bits per heavy atom. The molecule has 35 heavy (non-hydrogen) atoms. The normalized spacial score (nSPS) is 25.1. The highest BCUT2D eigenvalue weighted by atomic mass is 28.3. The molecule has 2 aromatic rings. The topological polar surface area (TPSA) is 36.9 Å². The maximum absolute atomic E-state index is 6.78. The Labute approximate surface area is 213 Å². The lowest BCUT2D eigenvalue weighted by Gasteiger charge is -2.30. The van der Waals surface area contributed by atoms with Crippen molar-refractivity contribution < 1.29 is 18.9 Å². The molecule has 0 saturated heterocycles. The van der Waals surface area contributed by atoms with Gasteiger partial charge in [-0.1, -0.05) is 75.5 Å². The zero-order valence-electron chi connectivity index (χ0n) is 22.2. The molecule has 0 aromatic heterocycles. The van der Waals surface area contributed by atoms with E-state index in [4.69, 9.17) is 18.9 Å². The van der Waals surface area contributed by atoms with Crippen molar-refractivity contribution >= 4 is 8.80 Å². The minimum absolute atomic E-state index is 0.107. The average molecular weight is 497 g/mol. The Kier molecular flexibility index (Phi) is 9.09. The van der Waals surface area contributed by atoms with Crippen molar-refractivity contribution in [3.05, 3.63) is 65.7 Å². The lowest BCUT2D eigenvalue weighted by atomic mass is 10.0. The lowest BCUT2D eigenvalue weighted by molar-refractivity contribution is -0.0648. The summed E-state index contributed by atoms with van der Waals surface area (Å²) in [5.74, 6) is 2.28. The van der Waals surface area contributed by atoms with Gasteiger partial charge in [0.15, 0.2) is 0 Å². The second-order valence-electron chi connectivity index (χ2n) is 11.5. The number of para-hydroxylation sites is 1. The van der Waals surface area contributed by atoms with E-state index < -0.39 is 8.80 Å². The van der Waals surface area contributed by atoms with Crippen molar-refractivity contribution in [2.75, 3.05) is 20.3 Å². The Balaban J connectivity index is 1.33. The molecule has 5 atom stereocenters. The number of hydrogen-bond acceptors (Lipinski definition) is 4. The summed E-state index contributed by atoms with van der Waals surface area (Å²) in [5, 5.41) is 0.268. The van der Waals surface area contributed by atoms with Crippen LogP contribution in [-0.2, 0) is 20.8 Å². The van der Waals surface area contributed by atoms with Crippen molar-refractivity contribution in [2.45, 2.75) is 82.6 Å². The first kappa shape index (κ1) is 26.4. The van der Waals surface area contributed by atoms with Crippen LogP contribution < -0.4 is 4.74 Å². The lowest BCUT2D eigenvalue weighted by Crippen LogP contribution is -2.28. The molecule has 5 heteroatoms. The Hall–Kier alpha value is -1.66. The fraction of sp³-hybridized carbons (Fsp3) is 0.600. The van der Waals surface area contributed by atoms with Crippen LogP contribution in [0.15, 0.2) is 54.6 Å². The van der Waals surface area contributed by atoms with Crippen LogP contribution in [-0.4, -0.2) is 41.3 Å². The van der Waals surface area contributed by atoms with E-state index in [1.165, 1.54) is 5.56 Å². The molecule has 4 rings (SSSR count). The van der Waals surface area contributed by atoms with E-state index in [9.17, 15) is 0 Å². The summed E-state index contributed by atoms with van der Waals surface area (Å²) in [7, 11) is 0.924. The Morgan fingerprint density at radius 2 is 1.51 bits per heavy atom. The van der Waals surface area contributed by atoms with Gasteiger partial charge in [0.2, 0.25) is 0 Å². The molecule has 0 heterocycles. The molecule has 3 unspecified atom stereocenters. The SMILES string of the molecule is COc1ccccc1C(COCC(C)(C)[SiH](C)C)OC1C[C@H]2CC(OCc3ccccc3)C[C@H]2C1. The molecule has 0 spiro atoms. The fourth-order valence-corrected chi connectivity index (χ4v) is 5.95. The maximum atomic E-state index is 6.78. The van der Waals surface area contributed by atoms with Gasteiger partial charge < -0.3 is 18.9 Å². The first-order valence-corrected chi connectivity index (χ1v) is 16.3. The van der Waals surface area contributed by atoms with Gasteiger partial charge in [0.1, 0.15) is 11.9 Å². The van der Waals surface area contributed by atoms with E-state index in [2.05, 4.69) is 69.4 Å². The summed E-state index contributed by atoms with van der Waals surface area (Å²) < 4.78 is 25.0. The minimum Gasteiger partial charge on any atom is -0.496 e. The first-order valence-electron chi connectivity index (χ1n) is 13.4. The number of methoxy groups -OCH3 is 1. The van der Waals surface area contributed by atoms with Gasteiger partial charge in [0.05, 0.1) is 32.5 Å². The van der Waals surface area contributed by atoms with Crippen LogP contribution in [0, 0.1) is 11.8 Å². The molecule has 2 aliphatic carbocycles. The van der Waals surface area contributed by atoms with Gasteiger partial charge in [0, 0.05) is 21.0 Å². The van der Waals surface area contributed by atoms with E-state index in [-0.39, 0.29) is 17.2 Å². The summed E-state index contributed by atoms with van der Waals surface area (Å²) in [6.45, 7) is 11.5. The largest absolute Gasteiger partial charge is 0.496 e. The maximum Gasteiger partial charge on any atom is 0.124 e. The molecule has 2 aromatic carbocycles. The molecule has 2 aliphatic rings. The van der Waals surface area contributed by atoms with Crippen LogP contribution in [0.2, 0.25) is 18.1 Å². The van der Waals surface area contributed by atoms with E-state index in [0.717, 1.165) is 43.6 Å². The van der Waals surface area contributed by atoms with Gasteiger partial charge >= 0.3 is 0 Å². The van der Waals surface area contributed by atoms with Crippen molar-refractivity contribution in [1.82, 2.24) is 0 Å². The fourth-order valence-electron chi connectivity index (χ4n) is 5.50. The number of fused-ring (bicyclic) bond motifs is 1. The summed E-state index contributed by atoms with van der Waals surface area (Å²) in [4.78, 5) is 0. The van der Waals surface area contributed by atoms with Crippen LogP contribution in [0.3, 0.4) is 0 Å². The van der Waals surface area contributed by atoms with Crippen LogP contribution in [0.4, 0.5) is 0 Å². The molecule has 192 valence electrons. The van der Waals surface area contributed by atoms with Gasteiger partial charge in [-0.05, 0) is 54.2 Å². The highest BCUT2D eigenvalue weighted by Gasteiger charge is 2.43. The third-order valence-corrected chi connectivity index (χ3v) is 11.7. The Bertz CT molecular complexity index is 902. The molecule has 2 saturated carbocycles. The van der Waals surface area contributed by atoms with Crippen LogP contribution in [0.5, 0.6) is 5.75 Å². The molecule has 0 radical (unpaired) electrons. The standard InChI is InChI=1S/C30H44O4Si/c1-30(2,35(4)5)21-32-20-29(27-13-9-10-14-28(27)31-3)34-26-17-23-15-25(16-24(23)18-26)33-19-22-11-7-6-8-12-22/h6-14,23-26,29,35H,15-21H2,1-5H3/t23-,24+,25?,26?,29?.